The van der Waals surface area contributed by atoms with Gasteiger partial charge in [0.25, 0.3) is 0 Å². The van der Waals surface area contributed by atoms with Crippen LogP contribution in [-0.4, -0.2) is 18.2 Å². The summed E-state index contributed by atoms with van der Waals surface area (Å²) in [5.41, 5.74) is -0.240. The van der Waals surface area contributed by atoms with Crippen molar-refractivity contribution in [1.82, 2.24) is 0 Å². The highest BCUT2D eigenvalue weighted by Gasteiger charge is 2.41. The summed E-state index contributed by atoms with van der Waals surface area (Å²) in [6, 6.07) is 13.1. The van der Waals surface area contributed by atoms with Crippen molar-refractivity contribution in [3.63, 3.8) is 0 Å². The molecule has 110 valence electrons. The number of rotatable bonds is 2. The molecule has 0 saturated carbocycles. The van der Waals surface area contributed by atoms with Gasteiger partial charge < -0.3 is 9.84 Å². The number of hydrogen-bond donors (Lipinski definition) is 1. The Morgan fingerprint density at radius 3 is 2.45 bits per heavy atom. The van der Waals surface area contributed by atoms with Gasteiger partial charge in [0, 0.05) is 12.8 Å². The van der Waals surface area contributed by atoms with E-state index in [1.54, 1.807) is 6.08 Å². The van der Waals surface area contributed by atoms with Gasteiger partial charge in [0.2, 0.25) is 0 Å². The van der Waals surface area contributed by atoms with Gasteiger partial charge in [0.05, 0.1) is 24.8 Å². The Kier molecular flexibility index (Phi) is 4.29. The zero-order valence-electron chi connectivity index (χ0n) is 12.0. The van der Waals surface area contributed by atoms with E-state index in [4.69, 9.17) is 0 Å². The number of hydrogen-bond acceptors (Lipinski definition) is 5. The van der Waals surface area contributed by atoms with Gasteiger partial charge in [-0.2, -0.15) is 10.5 Å². The zero-order valence-corrected chi connectivity index (χ0v) is 12.0. The summed E-state index contributed by atoms with van der Waals surface area (Å²) in [6.45, 7) is 0. The lowest BCUT2D eigenvalue weighted by Gasteiger charge is -2.27. The molecule has 1 aromatic rings. The van der Waals surface area contributed by atoms with Crippen LogP contribution in [0.5, 0.6) is 0 Å². The number of allylic oxidation sites excluding steroid dienone is 1. The molecule has 0 fully saturated rings. The monoisotopic (exact) mass is 294 g/mol. The van der Waals surface area contributed by atoms with Gasteiger partial charge in [-0.05, 0) is 17.2 Å². The van der Waals surface area contributed by atoms with Crippen molar-refractivity contribution in [3.05, 3.63) is 52.8 Å². The predicted molar refractivity (Wildman–Crippen MR) is 79.0 cm³/mol. The number of nitriles is 2. The molecule has 0 amide bonds. The number of nitrogens with zero attached hydrogens (tertiary/aromatic N) is 2. The average molecular weight is 294 g/mol. The van der Waals surface area contributed by atoms with Crippen LogP contribution in [0.25, 0.3) is 6.08 Å². The van der Waals surface area contributed by atoms with Crippen molar-refractivity contribution >= 4 is 12.0 Å². The van der Waals surface area contributed by atoms with Crippen molar-refractivity contribution in [2.45, 2.75) is 12.8 Å². The maximum atomic E-state index is 11.8. The SMILES string of the molecule is COC(=O)C1=C(O)/C(=C/c2ccccc2)CC(C#N)(C#N)C1. The van der Waals surface area contributed by atoms with Gasteiger partial charge in [-0.1, -0.05) is 30.3 Å². The number of methoxy groups -OCH3 is 1. The van der Waals surface area contributed by atoms with E-state index in [1.165, 1.54) is 7.11 Å². The fourth-order valence-corrected chi connectivity index (χ4v) is 2.40. The third kappa shape index (κ3) is 2.84. The maximum absolute atomic E-state index is 11.8. The van der Waals surface area contributed by atoms with Crippen LogP contribution in [0.1, 0.15) is 18.4 Å². The number of aliphatic hydroxyl groups is 1. The first-order chi connectivity index (χ1) is 10.5. The Morgan fingerprint density at radius 1 is 1.27 bits per heavy atom. The Labute approximate surface area is 128 Å². The summed E-state index contributed by atoms with van der Waals surface area (Å²) < 4.78 is 4.64. The molecule has 0 bridgehead atoms. The summed E-state index contributed by atoms with van der Waals surface area (Å²) >= 11 is 0. The predicted octanol–water partition coefficient (Wildman–Crippen LogP) is 2.88. The van der Waals surface area contributed by atoms with Crippen molar-refractivity contribution in [2.24, 2.45) is 5.41 Å². The molecular formula is C17H14N2O3. The van der Waals surface area contributed by atoms with E-state index in [2.05, 4.69) is 4.74 Å². The van der Waals surface area contributed by atoms with Crippen LogP contribution in [0.3, 0.4) is 0 Å². The molecule has 5 heteroatoms. The number of aliphatic hydroxyl groups excluding tert-OH is 1. The minimum absolute atomic E-state index is 0.0426. The van der Waals surface area contributed by atoms with Crippen LogP contribution >= 0.6 is 0 Å². The minimum atomic E-state index is -1.38. The molecule has 0 heterocycles. The highest BCUT2D eigenvalue weighted by Crippen LogP contribution is 2.41. The highest BCUT2D eigenvalue weighted by molar-refractivity contribution is 5.91. The molecular weight excluding hydrogens is 280 g/mol. The maximum Gasteiger partial charge on any atom is 0.337 e. The molecule has 0 spiro atoms. The van der Waals surface area contributed by atoms with Crippen LogP contribution in [0.2, 0.25) is 0 Å². The van der Waals surface area contributed by atoms with Crippen molar-refractivity contribution in [1.29, 1.82) is 10.5 Å². The quantitative estimate of drug-likeness (QED) is 0.846. The second kappa shape index (κ2) is 6.15. The lowest BCUT2D eigenvalue weighted by molar-refractivity contribution is -0.136. The third-order valence-corrected chi connectivity index (χ3v) is 3.56. The molecule has 0 atom stereocenters. The molecule has 1 aliphatic rings. The van der Waals surface area contributed by atoms with E-state index < -0.39 is 11.4 Å². The van der Waals surface area contributed by atoms with Crippen LogP contribution < -0.4 is 0 Å². The van der Waals surface area contributed by atoms with Gasteiger partial charge in [-0.3, -0.25) is 0 Å². The zero-order chi connectivity index (χ0) is 16.2. The summed E-state index contributed by atoms with van der Waals surface area (Å²) in [7, 11) is 1.19. The Morgan fingerprint density at radius 2 is 1.91 bits per heavy atom. The van der Waals surface area contributed by atoms with Gasteiger partial charge in [-0.25, -0.2) is 4.79 Å². The van der Waals surface area contributed by atoms with E-state index >= 15 is 0 Å². The molecule has 1 aliphatic carbocycles. The molecule has 22 heavy (non-hydrogen) atoms. The van der Waals surface area contributed by atoms with E-state index in [0.29, 0.717) is 5.57 Å². The minimum Gasteiger partial charge on any atom is -0.507 e. The second-order valence-corrected chi connectivity index (χ2v) is 5.06. The van der Waals surface area contributed by atoms with Crippen LogP contribution in [0.4, 0.5) is 0 Å². The van der Waals surface area contributed by atoms with Gasteiger partial charge in [-0.15, -0.1) is 0 Å². The molecule has 0 aromatic heterocycles. The Hall–Kier alpha value is -3.05. The largest absolute Gasteiger partial charge is 0.507 e. The van der Waals surface area contributed by atoms with E-state index in [0.717, 1.165) is 5.56 Å². The van der Waals surface area contributed by atoms with Crippen LogP contribution in [0, 0.1) is 28.1 Å². The molecule has 1 aromatic carbocycles. The third-order valence-electron chi connectivity index (χ3n) is 3.56. The first-order valence-corrected chi connectivity index (χ1v) is 6.64. The molecule has 2 rings (SSSR count). The second-order valence-electron chi connectivity index (χ2n) is 5.06. The van der Waals surface area contributed by atoms with E-state index in [-0.39, 0.29) is 24.2 Å². The summed E-state index contributed by atoms with van der Waals surface area (Å²) in [5, 5.41) is 29.0. The normalized spacial score (nSPS) is 18.4. The van der Waals surface area contributed by atoms with Crippen molar-refractivity contribution in [2.75, 3.05) is 7.11 Å². The lowest BCUT2D eigenvalue weighted by atomic mass is 9.73. The van der Waals surface area contributed by atoms with Gasteiger partial charge in [0.1, 0.15) is 5.76 Å². The first kappa shape index (κ1) is 15.3. The van der Waals surface area contributed by atoms with E-state index in [9.17, 15) is 20.4 Å². The lowest BCUT2D eigenvalue weighted by Crippen LogP contribution is -2.27. The first-order valence-electron chi connectivity index (χ1n) is 6.64. The highest BCUT2D eigenvalue weighted by atomic mass is 16.5. The summed E-state index contributed by atoms with van der Waals surface area (Å²) in [6.07, 6.45) is 1.58. The number of ether oxygens (including phenoxy) is 1. The molecule has 1 N–H and O–H groups in total. The van der Waals surface area contributed by atoms with Gasteiger partial charge >= 0.3 is 5.97 Å². The van der Waals surface area contributed by atoms with Crippen molar-refractivity contribution in [3.8, 4) is 12.1 Å². The molecule has 0 aliphatic heterocycles. The van der Waals surface area contributed by atoms with Crippen LogP contribution in [-0.2, 0) is 9.53 Å². The number of carbonyl (C=O) groups is 1. The van der Waals surface area contributed by atoms with Gasteiger partial charge in [0.15, 0.2) is 5.41 Å². The molecule has 5 nitrogen and oxygen atoms in total. The number of benzene rings is 1. The van der Waals surface area contributed by atoms with Crippen LogP contribution in [0.15, 0.2) is 47.2 Å². The molecule has 0 saturated heterocycles. The average Bonchev–Trinajstić information content (AvgIpc) is 2.57. The smallest absolute Gasteiger partial charge is 0.337 e. The fourth-order valence-electron chi connectivity index (χ4n) is 2.40. The Bertz CT molecular complexity index is 719. The topological polar surface area (TPSA) is 94.1 Å². The fraction of sp³-hybridized carbons (Fsp3) is 0.235. The molecule has 0 radical (unpaired) electrons. The standard InChI is InChI=1S/C17H14N2O3/c1-22-16(21)14-9-17(10-18,11-19)8-13(15(14)20)7-12-5-3-2-4-6-12/h2-7,20H,8-9H2,1H3/b13-7+. The number of esters is 1. The number of carbonyl (C=O) groups excluding carboxylic acids is 1. The Balaban J connectivity index is 2.57. The summed E-state index contributed by atoms with van der Waals surface area (Å²) in [5.74, 6) is -0.942. The summed E-state index contributed by atoms with van der Waals surface area (Å²) in [4.78, 5) is 11.8. The van der Waals surface area contributed by atoms with Crippen molar-refractivity contribution < 1.29 is 14.6 Å². The molecule has 0 unspecified atom stereocenters. The van der Waals surface area contributed by atoms with E-state index in [1.807, 2.05) is 42.5 Å².